The number of hydrogen-bond acceptors (Lipinski definition) is 2. The molecule has 0 saturated heterocycles. The predicted molar refractivity (Wildman–Crippen MR) is 95.2 cm³/mol. The van der Waals surface area contributed by atoms with Crippen LogP contribution in [0.1, 0.15) is 31.0 Å². The Morgan fingerprint density at radius 2 is 1.81 bits per heavy atom. The standard InChI is InChI=1S/C17H19Br2NO/c1-4-20-12(3)14-10-13(18)6-8-16(14)21-17-7-5-11(2)9-15(17)19/h5-10,12,20H,4H2,1-3H3. The molecule has 0 saturated carbocycles. The van der Waals surface area contributed by atoms with Crippen LogP contribution in [0.25, 0.3) is 0 Å². The zero-order valence-corrected chi connectivity index (χ0v) is 15.6. The lowest BCUT2D eigenvalue weighted by molar-refractivity contribution is 0.460. The Morgan fingerprint density at radius 3 is 2.48 bits per heavy atom. The molecule has 112 valence electrons. The third-order valence-electron chi connectivity index (χ3n) is 3.26. The molecule has 1 unspecified atom stereocenters. The summed E-state index contributed by atoms with van der Waals surface area (Å²) in [6, 6.07) is 12.4. The molecule has 0 amide bonds. The van der Waals surface area contributed by atoms with E-state index in [9.17, 15) is 0 Å². The average Bonchev–Trinajstić information content (AvgIpc) is 2.43. The lowest BCUT2D eigenvalue weighted by atomic mass is 10.1. The summed E-state index contributed by atoms with van der Waals surface area (Å²) in [5.41, 5.74) is 2.34. The van der Waals surface area contributed by atoms with Crippen LogP contribution >= 0.6 is 31.9 Å². The molecule has 0 fully saturated rings. The van der Waals surface area contributed by atoms with E-state index in [1.165, 1.54) is 5.56 Å². The monoisotopic (exact) mass is 411 g/mol. The largest absolute Gasteiger partial charge is 0.456 e. The van der Waals surface area contributed by atoms with Gasteiger partial charge in [-0.1, -0.05) is 28.9 Å². The van der Waals surface area contributed by atoms with Gasteiger partial charge in [0.2, 0.25) is 0 Å². The molecule has 2 rings (SSSR count). The van der Waals surface area contributed by atoms with Crippen molar-refractivity contribution in [1.29, 1.82) is 0 Å². The Morgan fingerprint density at radius 1 is 1.10 bits per heavy atom. The summed E-state index contributed by atoms with van der Waals surface area (Å²) in [4.78, 5) is 0. The van der Waals surface area contributed by atoms with Crippen LogP contribution in [0.4, 0.5) is 0 Å². The summed E-state index contributed by atoms with van der Waals surface area (Å²) >= 11 is 7.09. The maximum atomic E-state index is 6.11. The number of nitrogens with one attached hydrogen (secondary N) is 1. The van der Waals surface area contributed by atoms with Crippen molar-refractivity contribution in [2.45, 2.75) is 26.8 Å². The van der Waals surface area contributed by atoms with Gasteiger partial charge in [0.1, 0.15) is 11.5 Å². The first-order valence-electron chi connectivity index (χ1n) is 6.98. The minimum absolute atomic E-state index is 0.228. The zero-order valence-electron chi connectivity index (χ0n) is 12.4. The average molecular weight is 413 g/mol. The molecule has 0 aromatic heterocycles. The minimum atomic E-state index is 0.228. The summed E-state index contributed by atoms with van der Waals surface area (Å²) in [5, 5.41) is 3.43. The molecule has 2 aromatic carbocycles. The molecule has 0 heterocycles. The highest BCUT2D eigenvalue weighted by molar-refractivity contribution is 9.10. The Kier molecular flexibility index (Phi) is 5.85. The molecular weight excluding hydrogens is 394 g/mol. The maximum absolute atomic E-state index is 6.11. The van der Waals surface area contributed by atoms with Gasteiger partial charge in [0, 0.05) is 16.1 Å². The van der Waals surface area contributed by atoms with E-state index < -0.39 is 0 Å². The van der Waals surface area contributed by atoms with Crippen LogP contribution in [0.15, 0.2) is 45.3 Å². The van der Waals surface area contributed by atoms with Crippen molar-refractivity contribution in [3.8, 4) is 11.5 Å². The molecular formula is C17H19Br2NO. The van der Waals surface area contributed by atoms with Crippen molar-refractivity contribution in [2.75, 3.05) is 6.54 Å². The second-order valence-electron chi connectivity index (χ2n) is 5.00. The fourth-order valence-electron chi connectivity index (χ4n) is 2.17. The topological polar surface area (TPSA) is 21.3 Å². The van der Waals surface area contributed by atoms with E-state index in [1.807, 2.05) is 24.3 Å². The summed E-state index contributed by atoms with van der Waals surface area (Å²) in [6.07, 6.45) is 0. The number of hydrogen-bond donors (Lipinski definition) is 1. The lowest BCUT2D eigenvalue weighted by Crippen LogP contribution is -2.18. The minimum Gasteiger partial charge on any atom is -0.456 e. The van der Waals surface area contributed by atoms with Gasteiger partial charge in [0.25, 0.3) is 0 Å². The first kappa shape index (κ1) is 16.5. The normalized spacial score (nSPS) is 12.2. The van der Waals surface area contributed by atoms with Crippen LogP contribution < -0.4 is 10.1 Å². The molecule has 1 atom stereocenters. The van der Waals surface area contributed by atoms with Crippen molar-refractivity contribution in [3.63, 3.8) is 0 Å². The lowest BCUT2D eigenvalue weighted by Gasteiger charge is -2.18. The highest BCUT2D eigenvalue weighted by atomic mass is 79.9. The van der Waals surface area contributed by atoms with E-state index in [4.69, 9.17) is 4.74 Å². The quantitative estimate of drug-likeness (QED) is 0.651. The maximum Gasteiger partial charge on any atom is 0.141 e. The highest BCUT2D eigenvalue weighted by Gasteiger charge is 2.13. The molecule has 2 nitrogen and oxygen atoms in total. The summed E-state index contributed by atoms with van der Waals surface area (Å²) < 4.78 is 8.13. The molecule has 0 spiro atoms. The van der Waals surface area contributed by atoms with Crippen molar-refractivity contribution in [1.82, 2.24) is 5.32 Å². The molecule has 0 aliphatic carbocycles. The molecule has 0 bridgehead atoms. The SMILES string of the molecule is CCNC(C)c1cc(Br)ccc1Oc1ccc(C)cc1Br. The van der Waals surface area contributed by atoms with Crippen LogP contribution in [-0.4, -0.2) is 6.54 Å². The third-order valence-corrected chi connectivity index (χ3v) is 4.37. The fourth-order valence-corrected chi connectivity index (χ4v) is 3.13. The van der Waals surface area contributed by atoms with Gasteiger partial charge < -0.3 is 10.1 Å². The molecule has 21 heavy (non-hydrogen) atoms. The molecule has 0 aliphatic heterocycles. The number of aryl methyl sites for hydroxylation is 1. The van der Waals surface area contributed by atoms with Gasteiger partial charge in [-0.2, -0.15) is 0 Å². The first-order valence-corrected chi connectivity index (χ1v) is 8.56. The predicted octanol–water partition coefficient (Wildman–Crippen LogP) is 5.98. The summed E-state index contributed by atoms with van der Waals surface area (Å²) in [6.45, 7) is 7.22. The van der Waals surface area contributed by atoms with Gasteiger partial charge in [-0.25, -0.2) is 0 Å². The van der Waals surface area contributed by atoms with E-state index in [1.54, 1.807) is 0 Å². The number of ether oxygens (including phenoxy) is 1. The van der Waals surface area contributed by atoms with E-state index in [0.717, 1.165) is 32.6 Å². The molecule has 2 aromatic rings. The van der Waals surface area contributed by atoms with E-state index in [2.05, 4.69) is 70.1 Å². The van der Waals surface area contributed by atoms with Gasteiger partial charge in [-0.3, -0.25) is 0 Å². The molecule has 1 N–H and O–H groups in total. The summed E-state index contributed by atoms with van der Waals surface area (Å²) in [5.74, 6) is 1.70. The van der Waals surface area contributed by atoms with E-state index in [0.29, 0.717) is 0 Å². The smallest absolute Gasteiger partial charge is 0.141 e. The van der Waals surface area contributed by atoms with Crippen LogP contribution in [0.2, 0.25) is 0 Å². The van der Waals surface area contributed by atoms with Crippen molar-refractivity contribution >= 4 is 31.9 Å². The molecule has 0 radical (unpaired) electrons. The second kappa shape index (κ2) is 7.43. The Hall–Kier alpha value is -0.840. The Labute approximate surface area is 143 Å². The Bertz CT molecular complexity index is 628. The van der Waals surface area contributed by atoms with E-state index in [-0.39, 0.29) is 6.04 Å². The van der Waals surface area contributed by atoms with Crippen LogP contribution in [-0.2, 0) is 0 Å². The van der Waals surface area contributed by atoms with Gasteiger partial charge in [-0.05, 0) is 72.2 Å². The van der Waals surface area contributed by atoms with Crippen molar-refractivity contribution in [3.05, 3.63) is 56.5 Å². The van der Waals surface area contributed by atoms with Crippen LogP contribution in [0, 0.1) is 6.92 Å². The Balaban J connectivity index is 2.34. The van der Waals surface area contributed by atoms with Gasteiger partial charge in [-0.15, -0.1) is 0 Å². The van der Waals surface area contributed by atoms with Crippen molar-refractivity contribution < 1.29 is 4.74 Å². The first-order chi connectivity index (χ1) is 10.0. The van der Waals surface area contributed by atoms with Crippen LogP contribution in [0.5, 0.6) is 11.5 Å². The number of halogens is 2. The zero-order chi connectivity index (χ0) is 15.4. The molecule has 4 heteroatoms. The molecule has 0 aliphatic rings. The van der Waals surface area contributed by atoms with Crippen LogP contribution in [0.3, 0.4) is 0 Å². The van der Waals surface area contributed by atoms with E-state index >= 15 is 0 Å². The number of benzene rings is 2. The summed E-state index contributed by atoms with van der Waals surface area (Å²) in [7, 11) is 0. The highest BCUT2D eigenvalue weighted by Crippen LogP contribution is 2.35. The second-order valence-corrected chi connectivity index (χ2v) is 6.77. The van der Waals surface area contributed by atoms with Crippen molar-refractivity contribution in [2.24, 2.45) is 0 Å². The van der Waals surface area contributed by atoms with Gasteiger partial charge in [0.15, 0.2) is 0 Å². The third kappa shape index (κ3) is 4.31. The van der Waals surface area contributed by atoms with Gasteiger partial charge >= 0.3 is 0 Å². The number of rotatable bonds is 5. The van der Waals surface area contributed by atoms with Gasteiger partial charge in [0.05, 0.1) is 4.47 Å². The fraction of sp³-hybridized carbons (Fsp3) is 0.294.